The third kappa shape index (κ3) is 2.38. The summed E-state index contributed by atoms with van der Waals surface area (Å²) in [5, 5.41) is 0. The van der Waals surface area contributed by atoms with Crippen molar-refractivity contribution in [3.8, 4) is 0 Å². The van der Waals surface area contributed by atoms with E-state index >= 15 is 0 Å². The van der Waals surface area contributed by atoms with Crippen LogP contribution in [0.4, 0.5) is 0 Å². The summed E-state index contributed by atoms with van der Waals surface area (Å²) in [6.45, 7) is 0.458. The molecule has 0 saturated heterocycles. The second-order valence-electron chi connectivity index (χ2n) is 4.91. The number of amides is 2. The van der Waals surface area contributed by atoms with Crippen molar-refractivity contribution in [2.45, 2.75) is 12.5 Å². The van der Waals surface area contributed by atoms with E-state index < -0.39 is 11.9 Å². The van der Waals surface area contributed by atoms with Gasteiger partial charge in [-0.2, -0.15) is 0 Å². The van der Waals surface area contributed by atoms with E-state index in [9.17, 15) is 9.59 Å². The average molecular weight is 280 g/mol. The summed E-state index contributed by atoms with van der Waals surface area (Å²) >= 11 is 0. The van der Waals surface area contributed by atoms with Gasteiger partial charge in [-0.1, -0.05) is 18.2 Å². The number of benzene rings is 1. The van der Waals surface area contributed by atoms with Crippen LogP contribution >= 0.6 is 0 Å². The Morgan fingerprint density at radius 1 is 1.29 bits per heavy atom. The van der Waals surface area contributed by atoms with Crippen LogP contribution in [-0.2, 0) is 11.2 Å². The van der Waals surface area contributed by atoms with Gasteiger partial charge in [0.15, 0.2) is 0 Å². The van der Waals surface area contributed by atoms with Gasteiger partial charge in [0.1, 0.15) is 6.04 Å². The molecule has 2 N–H and O–H groups in total. The molecule has 1 aromatic carbocycles. The standard InChI is InChI=1S/C16H14N3O2/c17-15(20)14-13-4-2-1-3-11(13)7-10-19(14)16(21)12-5-8-18-9-6-12/h2-6,8-9,14H,7,10H2,(H2,17,20). The molecular weight excluding hydrogens is 266 g/mol. The van der Waals surface area contributed by atoms with Crippen LogP contribution in [0.15, 0.2) is 42.7 Å². The lowest BCUT2D eigenvalue weighted by molar-refractivity contribution is -0.123. The van der Waals surface area contributed by atoms with Gasteiger partial charge in [0.25, 0.3) is 5.91 Å². The third-order valence-electron chi connectivity index (χ3n) is 3.67. The highest BCUT2D eigenvalue weighted by molar-refractivity contribution is 5.98. The number of nitrogens with zero attached hydrogens (tertiary/aromatic N) is 2. The molecule has 0 fully saturated rings. The number of carbonyl (C=O) groups excluding carboxylic acids is 2. The van der Waals surface area contributed by atoms with Gasteiger partial charge in [-0.25, -0.2) is 0 Å². The molecule has 0 bridgehead atoms. The van der Waals surface area contributed by atoms with Gasteiger partial charge in [-0.3, -0.25) is 14.6 Å². The third-order valence-corrected chi connectivity index (χ3v) is 3.67. The maximum Gasteiger partial charge on any atom is 0.254 e. The minimum absolute atomic E-state index is 0.209. The molecule has 5 nitrogen and oxygen atoms in total. The fourth-order valence-corrected chi connectivity index (χ4v) is 2.68. The van der Waals surface area contributed by atoms with Gasteiger partial charge in [0, 0.05) is 24.5 Å². The fraction of sp³-hybridized carbons (Fsp3) is 0.188. The van der Waals surface area contributed by atoms with Crippen molar-refractivity contribution in [2.75, 3.05) is 6.54 Å². The van der Waals surface area contributed by atoms with Crippen molar-refractivity contribution in [3.63, 3.8) is 0 Å². The highest BCUT2D eigenvalue weighted by Gasteiger charge is 2.34. The lowest BCUT2D eigenvalue weighted by Gasteiger charge is -2.35. The Labute approximate surface area is 122 Å². The Morgan fingerprint density at radius 2 is 2.05 bits per heavy atom. The van der Waals surface area contributed by atoms with Crippen molar-refractivity contribution in [3.05, 3.63) is 65.5 Å². The molecule has 1 unspecified atom stereocenters. The van der Waals surface area contributed by atoms with Crippen LogP contribution in [0.1, 0.15) is 27.5 Å². The number of rotatable bonds is 2. The summed E-state index contributed by atoms with van der Waals surface area (Å²) in [5.74, 6) is -0.732. The second-order valence-corrected chi connectivity index (χ2v) is 4.91. The topological polar surface area (TPSA) is 76.3 Å². The molecule has 0 spiro atoms. The molecule has 1 aromatic heterocycles. The van der Waals surface area contributed by atoms with E-state index in [-0.39, 0.29) is 5.91 Å². The maximum absolute atomic E-state index is 12.6. The normalized spacial score (nSPS) is 17.1. The van der Waals surface area contributed by atoms with Crippen molar-refractivity contribution >= 4 is 11.8 Å². The lowest BCUT2D eigenvalue weighted by atomic mass is 9.91. The molecular formula is C16H14N3O2. The maximum atomic E-state index is 12.6. The zero-order chi connectivity index (χ0) is 14.8. The Bertz CT molecular complexity index is 685. The van der Waals surface area contributed by atoms with Gasteiger partial charge in [0.05, 0.1) is 0 Å². The monoisotopic (exact) mass is 280 g/mol. The SMILES string of the molecule is NC(=O)C1c2cc[c]cc2CCN1C(=O)c1ccncc1. The summed E-state index contributed by atoms with van der Waals surface area (Å²) in [6, 6.07) is 10.9. The molecule has 21 heavy (non-hydrogen) atoms. The minimum Gasteiger partial charge on any atom is -0.368 e. The smallest absolute Gasteiger partial charge is 0.254 e. The Hall–Kier alpha value is -2.69. The van der Waals surface area contributed by atoms with Crippen LogP contribution in [0.3, 0.4) is 0 Å². The molecule has 0 aliphatic carbocycles. The number of fused-ring (bicyclic) bond motifs is 1. The molecule has 1 aliphatic heterocycles. The van der Waals surface area contributed by atoms with Crippen LogP contribution in [-0.4, -0.2) is 28.2 Å². The quantitative estimate of drug-likeness (QED) is 0.895. The summed E-state index contributed by atoms with van der Waals surface area (Å²) < 4.78 is 0. The van der Waals surface area contributed by atoms with E-state index in [1.807, 2.05) is 6.07 Å². The number of aromatic nitrogens is 1. The van der Waals surface area contributed by atoms with E-state index in [2.05, 4.69) is 11.1 Å². The van der Waals surface area contributed by atoms with Gasteiger partial charge < -0.3 is 10.6 Å². The number of primary amides is 1. The van der Waals surface area contributed by atoms with Gasteiger partial charge >= 0.3 is 0 Å². The lowest BCUT2D eigenvalue weighted by Crippen LogP contribution is -2.45. The zero-order valence-corrected chi connectivity index (χ0v) is 11.3. The van der Waals surface area contributed by atoms with Crippen LogP contribution in [0.5, 0.6) is 0 Å². The predicted molar refractivity (Wildman–Crippen MR) is 76.2 cm³/mol. The summed E-state index contributed by atoms with van der Waals surface area (Å²) in [6.07, 6.45) is 3.80. The first-order valence-electron chi connectivity index (χ1n) is 6.67. The largest absolute Gasteiger partial charge is 0.368 e. The van der Waals surface area contributed by atoms with Crippen molar-refractivity contribution in [2.24, 2.45) is 5.73 Å². The van der Waals surface area contributed by atoms with Crippen molar-refractivity contribution in [1.29, 1.82) is 0 Å². The summed E-state index contributed by atoms with van der Waals surface area (Å²) in [4.78, 5) is 29.9. The fourth-order valence-electron chi connectivity index (χ4n) is 2.68. The molecule has 2 amide bonds. The van der Waals surface area contributed by atoms with Crippen LogP contribution in [0.25, 0.3) is 0 Å². The number of carbonyl (C=O) groups is 2. The van der Waals surface area contributed by atoms with E-state index in [4.69, 9.17) is 5.73 Å². The number of hydrogen-bond acceptors (Lipinski definition) is 3. The van der Waals surface area contributed by atoms with E-state index in [0.717, 1.165) is 11.1 Å². The molecule has 2 aromatic rings. The van der Waals surface area contributed by atoms with Crippen molar-refractivity contribution in [1.82, 2.24) is 9.88 Å². The van der Waals surface area contributed by atoms with Gasteiger partial charge in [-0.05, 0) is 35.7 Å². The first-order valence-corrected chi connectivity index (χ1v) is 6.67. The molecule has 1 atom stereocenters. The van der Waals surface area contributed by atoms with Crippen LogP contribution in [0, 0.1) is 6.07 Å². The molecule has 2 heterocycles. The van der Waals surface area contributed by atoms with Gasteiger partial charge in [0.2, 0.25) is 5.91 Å². The predicted octanol–water partition coefficient (Wildman–Crippen LogP) is 1.11. The zero-order valence-electron chi connectivity index (χ0n) is 11.3. The molecule has 1 radical (unpaired) electrons. The Morgan fingerprint density at radius 3 is 2.76 bits per heavy atom. The first kappa shape index (κ1) is 13.3. The Balaban J connectivity index is 2.00. The molecule has 0 saturated carbocycles. The van der Waals surface area contributed by atoms with E-state index in [0.29, 0.717) is 18.5 Å². The summed E-state index contributed by atoms with van der Waals surface area (Å²) in [7, 11) is 0. The highest BCUT2D eigenvalue weighted by Crippen LogP contribution is 2.30. The molecule has 105 valence electrons. The number of nitrogens with two attached hydrogens (primary N) is 1. The van der Waals surface area contributed by atoms with E-state index in [1.165, 1.54) is 4.90 Å². The number of pyridine rings is 1. The number of hydrogen-bond donors (Lipinski definition) is 1. The average Bonchev–Trinajstić information content (AvgIpc) is 2.53. The molecule has 5 heteroatoms. The minimum atomic E-state index is -0.732. The highest BCUT2D eigenvalue weighted by atomic mass is 16.2. The van der Waals surface area contributed by atoms with E-state index in [1.54, 1.807) is 36.7 Å². The molecule has 1 aliphatic rings. The Kier molecular flexibility index (Phi) is 3.39. The summed E-state index contributed by atoms with van der Waals surface area (Å²) in [5.41, 5.74) is 7.84. The second kappa shape index (κ2) is 5.36. The van der Waals surface area contributed by atoms with Crippen molar-refractivity contribution < 1.29 is 9.59 Å². The van der Waals surface area contributed by atoms with Crippen LogP contribution < -0.4 is 5.73 Å². The first-order chi connectivity index (χ1) is 10.2. The van der Waals surface area contributed by atoms with Crippen LogP contribution in [0.2, 0.25) is 0 Å². The van der Waals surface area contributed by atoms with Gasteiger partial charge in [-0.15, -0.1) is 0 Å². The molecule has 3 rings (SSSR count).